The number of nitrogens with zero attached hydrogens (tertiary/aromatic N) is 3. The van der Waals surface area contributed by atoms with E-state index in [1.54, 1.807) is 72.8 Å². The summed E-state index contributed by atoms with van der Waals surface area (Å²) in [6, 6.07) is 42.1. The molecule has 14 rings (SSSR count). The quantitative estimate of drug-likeness (QED) is 0.0374. The zero-order valence-corrected chi connectivity index (χ0v) is 56.0. The van der Waals surface area contributed by atoms with Gasteiger partial charge in [-0.2, -0.15) is 0 Å². The van der Waals surface area contributed by atoms with E-state index < -0.39 is 0 Å². The molecular weight excluding hydrogens is 1240 g/mol. The molecule has 504 valence electrons. The van der Waals surface area contributed by atoms with Gasteiger partial charge in [0.15, 0.2) is 0 Å². The van der Waals surface area contributed by atoms with Gasteiger partial charge in [0.25, 0.3) is 35.4 Å². The van der Waals surface area contributed by atoms with Crippen LogP contribution in [0.5, 0.6) is 28.7 Å². The van der Waals surface area contributed by atoms with Crippen molar-refractivity contribution >= 4 is 35.4 Å². The third kappa shape index (κ3) is 14.4. The molecule has 0 saturated carbocycles. The number of hydrogen-bond donors (Lipinski definition) is 0. The molecule has 5 aliphatic heterocycles. The van der Waals surface area contributed by atoms with E-state index in [-0.39, 0.29) is 141 Å². The van der Waals surface area contributed by atoms with Crippen molar-refractivity contribution in [1.29, 1.82) is 0 Å². The van der Waals surface area contributed by atoms with Gasteiger partial charge < -0.3 is 42.6 Å². The van der Waals surface area contributed by atoms with Crippen molar-refractivity contribution in [2.75, 3.05) is 106 Å². The Morgan fingerprint density at radius 1 is 0.296 bits per heavy atom. The highest BCUT2D eigenvalue weighted by Gasteiger charge is 2.37. The Kier molecular flexibility index (Phi) is 20.3. The first-order valence-electron chi connectivity index (χ1n) is 33.6. The lowest BCUT2D eigenvalue weighted by Crippen LogP contribution is -2.33. The summed E-state index contributed by atoms with van der Waals surface area (Å²) in [5.41, 5.74) is 16.7. The lowest BCUT2D eigenvalue weighted by Gasteiger charge is -2.24. The van der Waals surface area contributed by atoms with E-state index in [9.17, 15) is 28.8 Å². The average molecular weight is 1320 g/mol. The minimum atomic E-state index is -0.343. The summed E-state index contributed by atoms with van der Waals surface area (Å²) < 4.78 is 59.8. The molecule has 0 spiro atoms. The standard InChI is InChI=1S/C80H79N3O15/c1-49-34-54-44-55-35-50(2)37-57(71(55)95-30-25-91-22-19-82-77(86)66-14-8-9-15-67(66)78(82)87)46-61-41-53(5)43-63-48-59-39-51(3)38-58(72(59)96-31-26-92-23-20-83-79(88)68-16-10-11-17-69(68)80(83)89)47-62-42-52(4)40-60(73(62)97-32-27-93-28-33-98-74(61)63)45-56(36-49)70(54)94-29-24-90-21-18-81-75(84)64-12-6-7-13-65(64)76(81)85/h6-17,34-43H,18-33,44-48H2,1-5H3. The molecule has 6 amide bonds. The van der Waals surface area contributed by atoms with E-state index in [1.807, 2.05) is 0 Å². The van der Waals surface area contributed by atoms with Crippen molar-refractivity contribution in [2.24, 2.45) is 0 Å². The van der Waals surface area contributed by atoms with Crippen LogP contribution >= 0.6 is 0 Å². The third-order valence-electron chi connectivity index (χ3n) is 18.2. The largest absolute Gasteiger partial charge is 0.491 e. The fourth-order valence-corrected chi connectivity index (χ4v) is 14.1. The molecule has 5 heterocycles. The third-order valence-corrected chi connectivity index (χ3v) is 18.2. The normalized spacial score (nSPS) is 15.0. The van der Waals surface area contributed by atoms with E-state index in [1.165, 1.54) is 14.7 Å². The van der Waals surface area contributed by atoms with Crippen LogP contribution < -0.4 is 23.7 Å². The van der Waals surface area contributed by atoms with Crippen LogP contribution in [-0.4, -0.2) is 156 Å². The predicted octanol–water partition coefficient (Wildman–Crippen LogP) is 11.4. The van der Waals surface area contributed by atoms with Crippen molar-refractivity contribution in [3.63, 3.8) is 0 Å². The second-order valence-corrected chi connectivity index (χ2v) is 25.6. The first-order valence-corrected chi connectivity index (χ1v) is 33.6. The molecule has 0 unspecified atom stereocenters. The summed E-state index contributed by atoms with van der Waals surface area (Å²) in [4.78, 5) is 83.2. The Morgan fingerprint density at radius 3 is 0.765 bits per heavy atom. The number of benzene rings is 8. The summed E-state index contributed by atoms with van der Waals surface area (Å²) in [6.07, 6.45) is 2.08. The van der Waals surface area contributed by atoms with Crippen LogP contribution in [0, 0.1) is 34.6 Å². The maximum Gasteiger partial charge on any atom is 0.261 e. The number of rotatable bonds is 21. The minimum absolute atomic E-state index is 0.0831. The van der Waals surface area contributed by atoms with Gasteiger partial charge in [-0.3, -0.25) is 43.5 Å². The maximum atomic E-state index is 13.3. The van der Waals surface area contributed by atoms with Crippen LogP contribution in [-0.2, 0) is 51.1 Å². The highest BCUT2D eigenvalue weighted by Crippen LogP contribution is 2.42. The molecule has 0 radical (unpaired) electrons. The van der Waals surface area contributed by atoms with Gasteiger partial charge in [-0.25, -0.2) is 0 Å². The molecule has 0 atom stereocenters. The molecule has 8 aromatic carbocycles. The van der Waals surface area contributed by atoms with Crippen LogP contribution in [0.25, 0.3) is 0 Å². The van der Waals surface area contributed by atoms with E-state index in [4.69, 9.17) is 42.6 Å². The maximum absolute atomic E-state index is 13.3. The van der Waals surface area contributed by atoms with Crippen molar-refractivity contribution in [3.05, 3.63) is 250 Å². The van der Waals surface area contributed by atoms with Gasteiger partial charge in [-0.1, -0.05) is 125 Å². The summed E-state index contributed by atoms with van der Waals surface area (Å²) in [7, 11) is 0. The zero-order chi connectivity index (χ0) is 68.0. The molecule has 0 N–H and O–H groups in total. The van der Waals surface area contributed by atoms with Gasteiger partial charge in [-0.05, 0) is 127 Å². The highest BCUT2D eigenvalue weighted by atomic mass is 16.6. The molecule has 0 aromatic heterocycles. The average Bonchev–Trinajstić information content (AvgIpc) is 0.853. The Bertz CT molecular complexity index is 4110. The number of ether oxygens (including phenoxy) is 9. The molecule has 0 fully saturated rings. The summed E-state index contributed by atoms with van der Waals surface area (Å²) >= 11 is 0. The lowest BCUT2D eigenvalue weighted by molar-refractivity contribution is 0.0516. The van der Waals surface area contributed by atoms with Crippen molar-refractivity contribution < 1.29 is 71.4 Å². The van der Waals surface area contributed by atoms with Crippen molar-refractivity contribution in [1.82, 2.24) is 14.7 Å². The minimum Gasteiger partial charge on any atom is -0.491 e. The van der Waals surface area contributed by atoms with Crippen LogP contribution in [0.2, 0.25) is 0 Å². The highest BCUT2D eigenvalue weighted by molar-refractivity contribution is 6.22. The lowest BCUT2D eigenvalue weighted by atomic mass is 9.88. The van der Waals surface area contributed by atoms with Gasteiger partial charge in [0.05, 0.1) is 106 Å². The van der Waals surface area contributed by atoms with E-state index in [0.29, 0.717) is 94.2 Å². The molecule has 6 aliphatic rings. The number of imide groups is 3. The number of hydrogen-bond acceptors (Lipinski definition) is 15. The molecule has 12 bridgehead atoms. The summed E-state index contributed by atoms with van der Waals surface area (Å²) in [5, 5.41) is 0. The summed E-state index contributed by atoms with van der Waals surface area (Å²) in [5.74, 6) is 1.40. The smallest absolute Gasteiger partial charge is 0.261 e. The second kappa shape index (κ2) is 29.8. The number of fused-ring (bicyclic) bond motifs is 9. The SMILES string of the molecule is Cc1cc2c3c(c1)Cc1cc(C)cc(c1OCCOCCN1C(=O)c4ccccc4C1=O)Cc1cc(C)cc(c1OCCOCCN1C(=O)c4ccccc4C1=O)Cc1cc(C)cc(c1OCCOCCO3)Cc1cc(C)cc(c1OCCOCCN1C(=O)c3ccccc3C1=O)C2. The molecular formula is C80H79N3O15. The Balaban J connectivity index is 0.862. The first-order chi connectivity index (χ1) is 47.6. The molecule has 1 aliphatic carbocycles. The van der Waals surface area contributed by atoms with Crippen LogP contribution in [0.3, 0.4) is 0 Å². The van der Waals surface area contributed by atoms with Crippen molar-refractivity contribution in [2.45, 2.75) is 66.7 Å². The Hall–Kier alpha value is -9.98. The van der Waals surface area contributed by atoms with E-state index >= 15 is 0 Å². The molecule has 0 saturated heterocycles. The number of aryl methyl sites for hydroxylation is 5. The zero-order valence-electron chi connectivity index (χ0n) is 56.0. The monoisotopic (exact) mass is 1320 g/mol. The van der Waals surface area contributed by atoms with Crippen LogP contribution in [0.15, 0.2) is 133 Å². The van der Waals surface area contributed by atoms with E-state index in [2.05, 4.69) is 95.3 Å². The van der Waals surface area contributed by atoms with Crippen LogP contribution in [0.4, 0.5) is 0 Å². The fraction of sp³-hybridized carbons (Fsp3) is 0.325. The van der Waals surface area contributed by atoms with Crippen LogP contribution in [0.1, 0.15) is 146 Å². The van der Waals surface area contributed by atoms with Gasteiger partial charge in [-0.15, -0.1) is 0 Å². The molecule has 18 heteroatoms. The number of carbonyl (C=O) groups excluding carboxylic acids is 6. The van der Waals surface area contributed by atoms with Gasteiger partial charge >= 0.3 is 0 Å². The predicted molar refractivity (Wildman–Crippen MR) is 366 cm³/mol. The topological polar surface area (TPSA) is 195 Å². The molecule has 98 heavy (non-hydrogen) atoms. The van der Waals surface area contributed by atoms with Gasteiger partial charge in [0.2, 0.25) is 0 Å². The summed E-state index contributed by atoms with van der Waals surface area (Å²) in [6.45, 7) is 13.1. The fourth-order valence-electron chi connectivity index (χ4n) is 14.1. The molecule has 18 nitrogen and oxygen atoms in total. The number of amides is 6. The Labute approximate surface area is 570 Å². The van der Waals surface area contributed by atoms with E-state index in [0.717, 1.165) is 83.5 Å². The molecule has 8 aromatic rings. The second-order valence-electron chi connectivity index (χ2n) is 25.6. The first kappa shape index (κ1) is 66.6. The van der Waals surface area contributed by atoms with Gasteiger partial charge in [0, 0.05) is 32.1 Å². The number of carbonyl (C=O) groups is 6. The van der Waals surface area contributed by atoms with Crippen molar-refractivity contribution in [3.8, 4) is 28.7 Å². The Morgan fingerprint density at radius 2 is 0.520 bits per heavy atom. The van der Waals surface area contributed by atoms with Gasteiger partial charge in [0.1, 0.15) is 61.8 Å².